The molecule has 2 aromatic heterocycles. The molecular formula is C17H16ClN3O4. The zero-order valence-electron chi connectivity index (χ0n) is 13.9. The number of rotatable bonds is 5. The minimum Gasteiger partial charge on any atom is -0.493 e. The van der Waals surface area contributed by atoms with E-state index in [2.05, 4.69) is 10.3 Å². The van der Waals surface area contributed by atoms with Crippen LogP contribution in [-0.2, 0) is 0 Å². The molecule has 0 aliphatic rings. The zero-order valence-corrected chi connectivity index (χ0v) is 14.6. The molecule has 7 nitrogen and oxygen atoms in total. The van der Waals surface area contributed by atoms with Crippen molar-refractivity contribution >= 4 is 28.8 Å². The van der Waals surface area contributed by atoms with Crippen molar-refractivity contribution in [3.8, 4) is 17.2 Å². The Morgan fingerprint density at radius 3 is 2.36 bits per heavy atom. The van der Waals surface area contributed by atoms with Crippen molar-refractivity contribution in [3.63, 3.8) is 0 Å². The number of benzene rings is 1. The molecule has 0 spiro atoms. The first-order valence-electron chi connectivity index (χ1n) is 7.31. The van der Waals surface area contributed by atoms with Crippen molar-refractivity contribution in [2.45, 2.75) is 0 Å². The highest BCUT2D eigenvalue weighted by molar-refractivity contribution is 6.30. The van der Waals surface area contributed by atoms with E-state index >= 15 is 0 Å². The second-order valence-electron chi connectivity index (χ2n) is 5.11. The second-order valence-corrected chi connectivity index (χ2v) is 5.54. The summed E-state index contributed by atoms with van der Waals surface area (Å²) in [7, 11) is 4.53. The molecule has 0 unspecified atom stereocenters. The summed E-state index contributed by atoms with van der Waals surface area (Å²) < 4.78 is 17.5. The van der Waals surface area contributed by atoms with Gasteiger partial charge in [-0.25, -0.2) is 4.98 Å². The molecule has 0 fully saturated rings. The third kappa shape index (κ3) is 3.32. The fourth-order valence-electron chi connectivity index (χ4n) is 2.42. The van der Waals surface area contributed by atoms with E-state index in [0.717, 1.165) is 0 Å². The summed E-state index contributed by atoms with van der Waals surface area (Å²) in [6.45, 7) is 0. The molecule has 130 valence electrons. The first-order chi connectivity index (χ1) is 12.0. The number of nitrogens with zero attached hydrogens (tertiary/aromatic N) is 2. The van der Waals surface area contributed by atoms with Crippen LogP contribution >= 0.6 is 11.6 Å². The summed E-state index contributed by atoms with van der Waals surface area (Å²) in [5, 5.41) is 3.33. The molecular weight excluding hydrogens is 346 g/mol. The molecule has 1 N–H and O–H groups in total. The average Bonchev–Trinajstić information content (AvgIpc) is 3.04. The second kappa shape index (κ2) is 6.90. The van der Waals surface area contributed by atoms with Gasteiger partial charge in [0.15, 0.2) is 11.5 Å². The van der Waals surface area contributed by atoms with Crippen LogP contribution in [0.5, 0.6) is 17.2 Å². The highest BCUT2D eigenvalue weighted by Gasteiger charge is 2.16. The molecule has 0 radical (unpaired) electrons. The molecule has 1 amide bonds. The van der Waals surface area contributed by atoms with Gasteiger partial charge in [-0.1, -0.05) is 11.6 Å². The van der Waals surface area contributed by atoms with Gasteiger partial charge in [0, 0.05) is 30.2 Å². The molecule has 3 rings (SSSR count). The van der Waals surface area contributed by atoms with Crippen molar-refractivity contribution in [1.29, 1.82) is 0 Å². The summed E-state index contributed by atoms with van der Waals surface area (Å²) in [5.74, 6) is 0.970. The lowest BCUT2D eigenvalue weighted by Crippen LogP contribution is -2.12. The van der Waals surface area contributed by atoms with Gasteiger partial charge in [0.05, 0.1) is 26.4 Å². The third-order valence-electron chi connectivity index (χ3n) is 3.57. The summed E-state index contributed by atoms with van der Waals surface area (Å²) in [6.07, 6.45) is 3.29. The first kappa shape index (κ1) is 16.9. The van der Waals surface area contributed by atoms with Crippen LogP contribution in [-0.4, -0.2) is 36.6 Å². The summed E-state index contributed by atoms with van der Waals surface area (Å²) in [6, 6.07) is 6.74. The zero-order chi connectivity index (χ0) is 18.0. The Labute approximate surface area is 149 Å². The molecule has 1 aromatic carbocycles. The van der Waals surface area contributed by atoms with Gasteiger partial charge in [-0.15, -0.1) is 0 Å². The first-order valence-corrected chi connectivity index (χ1v) is 7.69. The minimum absolute atomic E-state index is 0.260. The molecule has 0 atom stereocenters. The van der Waals surface area contributed by atoms with Crippen LogP contribution < -0.4 is 19.5 Å². The maximum Gasteiger partial charge on any atom is 0.275 e. The number of carbonyl (C=O) groups excluding carboxylic acids is 1. The smallest absolute Gasteiger partial charge is 0.275 e. The predicted octanol–water partition coefficient (Wildman–Crippen LogP) is 3.27. The third-order valence-corrected chi connectivity index (χ3v) is 3.79. The number of aromatic nitrogens is 2. The molecule has 0 saturated heterocycles. The SMILES string of the molecule is COc1cc(NC(=O)c2cn3cc(Cl)ccc3n2)cc(OC)c1OC. The van der Waals surface area contributed by atoms with E-state index in [1.165, 1.54) is 21.3 Å². The van der Waals surface area contributed by atoms with Crippen LogP contribution in [0.3, 0.4) is 0 Å². The van der Waals surface area contributed by atoms with Gasteiger partial charge < -0.3 is 23.9 Å². The molecule has 0 aliphatic carbocycles. The molecule has 25 heavy (non-hydrogen) atoms. The van der Waals surface area contributed by atoms with E-state index < -0.39 is 0 Å². The largest absolute Gasteiger partial charge is 0.493 e. The number of halogens is 1. The standard InChI is InChI=1S/C17H16ClN3O4/c1-23-13-6-11(7-14(24-2)16(13)25-3)19-17(22)12-9-21-8-10(18)4-5-15(21)20-12/h4-9H,1-3H3,(H,19,22). The fraction of sp³-hybridized carbons (Fsp3) is 0.176. The van der Waals surface area contributed by atoms with Crippen LogP contribution in [0, 0.1) is 0 Å². The van der Waals surface area contributed by atoms with Crippen molar-refractivity contribution in [1.82, 2.24) is 9.38 Å². The van der Waals surface area contributed by atoms with Gasteiger partial charge in [-0.2, -0.15) is 0 Å². The maximum absolute atomic E-state index is 12.5. The summed E-state index contributed by atoms with van der Waals surface area (Å²) >= 11 is 5.94. The topological polar surface area (TPSA) is 74.1 Å². The molecule has 3 aromatic rings. The number of imidazole rings is 1. The van der Waals surface area contributed by atoms with Crippen LogP contribution in [0.4, 0.5) is 5.69 Å². The van der Waals surface area contributed by atoms with Gasteiger partial charge in [0.2, 0.25) is 5.75 Å². The van der Waals surface area contributed by atoms with E-state index in [0.29, 0.717) is 33.6 Å². The lowest BCUT2D eigenvalue weighted by Gasteiger charge is -2.14. The molecule has 2 heterocycles. The van der Waals surface area contributed by atoms with Gasteiger partial charge >= 0.3 is 0 Å². The quantitative estimate of drug-likeness (QED) is 0.755. The fourth-order valence-corrected chi connectivity index (χ4v) is 2.59. The highest BCUT2D eigenvalue weighted by atomic mass is 35.5. The van der Waals surface area contributed by atoms with E-state index in [1.54, 1.807) is 41.1 Å². The van der Waals surface area contributed by atoms with Crippen molar-refractivity contribution in [3.05, 3.63) is 47.4 Å². The molecule has 8 heteroatoms. The summed E-state index contributed by atoms with van der Waals surface area (Å²) in [4.78, 5) is 16.8. The van der Waals surface area contributed by atoms with E-state index in [9.17, 15) is 4.79 Å². The Morgan fingerprint density at radius 2 is 1.76 bits per heavy atom. The Bertz CT molecular complexity index is 914. The Morgan fingerprint density at radius 1 is 1.08 bits per heavy atom. The average molecular weight is 362 g/mol. The monoisotopic (exact) mass is 361 g/mol. The van der Waals surface area contributed by atoms with Crippen LogP contribution in [0.15, 0.2) is 36.7 Å². The molecule has 0 bridgehead atoms. The highest BCUT2D eigenvalue weighted by Crippen LogP contribution is 2.40. The normalized spacial score (nSPS) is 10.6. The number of carbonyl (C=O) groups is 1. The maximum atomic E-state index is 12.5. The lowest BCUT2D eigenvalue weighted by atomic mass is 10.2. The summed E-state index contributed by atoms with van der Waals surface area (Å²) in [5.41, 5.74) is 1.38. The number of amides is 1. The number of hydrogen-bond donors (Lipinski definition) is 1. The molecule has 0 aliphatic heterocycles. The Hall–Kier alpha value is -2.93. The van der Waals surface area contributed by atoms with E-state index in [4.69, 9.17) is 25.8 Å². The van der Waals surface area contributed by atoms with Gasteiger partial charge in [0.1, 0.15) is 11.3 Å². The van der Waals surface area contributed by atoms with Gasteiger partial charge in [0.25, 0.3) is 5.91 Å². The number of hydrogen-bond acceptors (Lipinski definition) is 5. The number of methoxy groups -OCH3 is 3. The van der Waals surface area contributed by atoms with Crippen molar-refractivity contribution in [2.75, 3.05) is 26.6 Å². The van der Waals surface area contributed by atoms with Gasteiger partial charge in [-0.05, 0) is 12.1 Å². The number of fused-ring (bicyclic) bond motifs is 1. The van der Waals surface area contributed by atoms with Crippen LogP contribution in [0.1, 0.15) is 10.5 Å². The van der Waals surface area contributed by atoms with Crippen molar-refractivity contribution < 1.29 is 19.0 Å². The predicted molar refractivity (Wildman–Crippen MR) is 94.3 cm³/mol. The Kier molecular flexibility index (Phi) is 4.67. The van der Waals surface area contributed by atoms with Crippen LogP contribution in [0.25, 0.3) is 5.65 Å². The number of anilines is 1. The van der Waals surface area contributed by atoms with E-state index in [-0.39, 0.29) is 11.6 Å². The number of pyridine rings is 1. The van der Waals surface area contributed by atoms with Crippen molar-refractivity contribution in [2.24, 2.45) is 0 Å². The van der Waals surface area contributed by atoms with Gasteiger partial charge in [-0.3, -0.25) is 4.79 Å². The van der Waals surface area contributed by atoms with E-state index in [1.807, 2.05) is 0 Å². The number of nitrogens with one attached hydrogen (secondary N) is 1. The molecule has 0 saturated carbocycles. The lowest BCUT2D eigenvalue weighted by molar-refractivity contribution is 0.102. The van der Waals surface area contributed by atoms with Crippen LogP contribution in [0.2, 0.25) is 5.02 Å². The minimum atomic E-state index is -0.367. The Balaban J connectivity index is 1.91. The number of ether oxygens (including phenoxy) is 3.